The smallest absolute Gasteiger partial charge is 0.308 e. The molecule has 0 heterocycles. The first kappa shape index (κ1) is 15.8. The average molecular weight is 355 g/mol. The van der Waals surface area contributed by atoms with Gasteiger partial charge in [0.15, 0.2) is 0 Å². The maximum absolute atomic E-state index is 12.3. The third-order valence-corrected chi connectivity index (χ3v) is 4.63. The van der Waals surface area contributed by atoms with E-state index in [2.05, 4.69) is 21.2 Å². The fourth-order valence-electron chi connectivity index (χ4n) is 2.71. The molecule has 1 aromatic carbocycles. The normalized spacial score (nSPS) is 22.3. The highest BCUT2D eigenvalue weighted by atomic mass is 79.9. The Morgan fingerprint density at radius 1 is 1.24 bits per heavy atom. The third-order valence-electron chi connectivity index (χ3n) is 3.91. The molecule has 1 aromatic rings. The zero-order chi connectivity index (χ0) is 15.4. The minimum absolute atomic E-state index is 0.271. The van der Waals surface area contributed by atoms with Gasteiger partial charge in [0.2, 0.25) is 0 Å². The number of hydrogen-bond acceptors (Lipinski definition) is 3. The summed E-state index contributed by atoms with van der Waals surface area (Å²) >= 11 is 3.28. The number of nitrogens with two attached hydrogens (primary N) is 1. The highest BCUT2D eigenvalue weighted by Crippen LogP contribution is 2.25. The van der Waals surface area contributed by atoms with Crippen LogP contribution in [0, 0.1) is 5.92 Å². The molecule has 0 radical (unpaired) electrons. The van der Waals surface area contributed by atoms with Crippen molar-refractivity contribution in [3.05, 3.63) is 28.2 Å². The number of nitrogens with one attached hydrogen (secondary N) is 1. The van der Waals surface area contributed by atoms with Crippen LogP contribution in [0.1, 0.15) is 42.5 Å². The first-order valence-electron chi connectivity index (χ1n) is 7.07. The zero-order valence-electron chi connectivity index (χ0n) is 11.6. The molecule has 6 heteroatoms. The van der Waals surface area contributed by atoms with E-state index in [0.717, 1.165) is 23.7 Å². The first-order chi connectivity index (χ1) is 9.99. The molecule has 1 saturated carbocycles. The molecule has 1 aliphatic rings. The summed E-state index contributed by atoms with van der Waals surface area (Å²) in [5, 5.41) is 12.2. The molecule has 0 aromatic heterocycles. The van der Waals surface area contributed by atoms with Crippen LogP contribution in [0.4, 0.5) is 5.69 Å². The van der Waals surface area contributed by atoms with Gasteiger partial charge in [-0.15, -0.1) is 0 Å². The fraction of sp³-hybridized carbons (Fsp3) is 0.467. The highest BCUT2D eigenvalue weighted by molar-refractivity contribution is 9.10. The summed E-state index contributed by atoms with van der Waals surface area (Å²) < 4.78 is 0.733. The van der Waals surface area contributed by atoms with Crippen molar-refractivity contribution >= 4 is 33.5 Å². The van der Waals surface area contributed by atoms with Crippen LogP contribution in [0.5, 0.6) is 0 Å². The van der Waals surface area contributed by atoms with E-state index in [1.807, 2.05) is 0 Å². The van der Waals surface area contributed by atoms with Crippen LogP contribution >= 0.6 is 15.9 Å². The molecular weight excluding hydrogens is 336 g/mol. The Bertz CT molecular complexity index is 548. The summed E-state index contributed by atoms with van der Waals surface area (Å²) in [5.74, 6) is -1.62. The number of rotatable bonds is 3. The number of nitrogen functional groups attached to an aromatic ring is 1. The molecule has 0 spiro atoms. The van der Waals surface area contributed by atoms with Gasteiger partial charge in [-0.05, 0) is 47.0 Å². The molecule has 2 unspecified atom stereocenters. The minimum atomic E-state index is -0.836. The Labute approximate surface area is 132 Å². The number of carboxylic acids is 1. The van der Waals surface area contributed by atoms with Crippen molar-refractivity contribution in [3.63, 3.8) is 0 Å². The van der Waals surface area contributed by atoms with Crippen LogP contribution < -0.4 is 11.1 Å². The van der Waals surface area contributed by atoms with Gasteiger partial charge in [-0.2, -0.15) is 0 Å². The van der Waals surface area contributed by atoms with Crippen LogP contribution in [0.25, 0.3) is 0 Å². The van der Waals surface area contributed by atoms with E-state index >= 15 is 0 Å². The van der Waals surface area contributed by atoms with Crippen LogP contribution in [0.2, 0.25) is 0 Å². The molecule has 0 saturated heterocycles. The van der Waals surface area contributed by atoms with Gasteiger partial charge in [-0.25, -0.2) is 0 Å². The van der Waals surface area contributed by atoms with Gasteiger partial charge in [0.05, 0.1) is 5.92 Å². The predicted molar refractivity (Wildman–Crippen MR) is 84.0 cm³/mol. The Balaban J connectivity index is 2.12. The summed E-state index contributed by atoms with van der Waals surface area (Å²) in [6.45, 7) is 0. The maximum Gasteiger partial charge on any atom is 0.308 e. The number of carbonyl (C=O) groups excluding carboxylic acids is 1. The number of anilines is 1. The Morgan fingerprint density at radius 2 is 1.95 bits per heavy atom. The van der Waals surface area contributed by atoms with Crippen LogP contribution in [-0.2, 0) is 4.79 Å². The molecule has 21 heavy (non-hydrogen) atoms. The van der Waals surface area contributed by atoms with E-state index in [0.29, 0.717) is 24.1 Å². The summed E-state index contributed by atoms with van der Waals surface area (Å²) in [4.78, 5) is 23.6. The van der Waals surface area contributed by atoms with Crippen molar-refractivity contribution in [1.82, 2.24) is 5.32 Å². The summed E-state index contributed by atoms with van der Waals surface area (Å²) in [7, 11) is 0. The number of carbonyl (C=O) groups is 2. The van der Waals surface area contributed by atoms with Crippen LogP contribution in [-0.4, -0.2) is 23.0 Å². The molecular formula is C15H19BrN2O3. The van der Waals surface area contributed by atoms with Crippen molar-refractivity contribution in [1.29, 1.82) is 0 Å². The van der Waals surface area contributed by atoms with Crippen molar-refractivity contribution in [2.75, 3.05) is 5.73 Å². The lowest BCUT2D eigenvalue weighted by Gasteiger charge is -2.23. The summed E-state index contributed by atoms with van der Waals surface area (Å²) in [6, 6.07) is 4.66. The van der Waals surface area contributed by atoms with E-state index in [1.54, 1.807) is 18.2 Å². The third kappa shape index (κ3) is 3.97. The summed E-state index contributed by atoms with van der Waals surface area (Å²) in [6.07, 6.45) is 4.17. The number of halogens is 1. The van der Waals surface area contributed by atoms with Gasteiger partial charge in [-0.1, -0.05) is 19.3 Å². The zero-order valence-corrected chi connectivity index (χ0v) is 13.2. The van der Waals surface area contributed by atoms with E-state index in [-0.39, 0.29) is 11.9 Å². The quantitative estimate of drug-likeness (QED) is 0.574. The molecule has 5 nitrogen and oxygen atoms in total. The Kier molecular flexibility index (Phi) is 5.22. The van der Waals surface area contributed by atoms with Crippen LogP contribution in [0.3, 0.4) is 0 Å². The SMILES string of the molecule is Nc1cc(C(=O)NC2CCCCCC2C(=O)O)ccc1Br. The molecule has 1 aliphatic carbocycles. The lowest BCUT2D eigenvalue weighted by molar-refractivity contribution is -0.142. The van der Waals surface area contributed by atoms with E-state index in [9.17, 15) is 14.7 Å². The molecule has 2 rings (SSSR count). The monoisotopic (exact) mass is 354 g/mol. The van der Waals surface area contributed by atoms with Crippen LogP contribution in [0.15, 0.2) is 22.7 Å². The highest BCUT2D eigenvalue weighted by Gasteiger charge is 2.30. The number of amides is 1. The van der Waals surface area contributed by atoms with Gasteiger partial charge in [-0.3, -0.25) is 9.59 Å². The standard InChI is InChI=1S/C15H19BrN2O3/c16-11-7-6-9(8-12(11)17)14(19)18-13-5-3-1-2-4-10(13)15(20)21/h6-8,10,13H,1-5,17H2,(H,18,19)(H,20,21). The first-order valence-corrected chi connectivity index (χ1v) is 7.87. The van der Waals surface area contributed by atoms with Gasteiger partial charge >= 0.3 is 5.97 Å². The molecule has 1 fully saturated rings. The van der Waals surface area contributed by atoms with Gasteiger partial charge < -0.3 is 16.2 Å². The van der Waals surface area contributed by atoms with Gasteiger partial charge in [0.1, 0.15) is 0 Å². The van der Waals surface area contributed by atoms with E-state index in [1.165, 1.54) is 0 Å². The lowest BCUT2D eigenvalue weighted by Crippen LogP contribution is -2.42. The molecule has 0 bridgehead atoms. The second kappa shape index (κ2) is 6.93. The predicted octanol–water partition coefficient (Wildman–Crippen LogP) is 2.79. The van der Waals surface area contributed by atoms with E-state index < -0.39 is 11.9 Å². The molecule has 114 valence electrons. The fourth-order valence-corrected chi connectivity index (χ4v) is 2.96. The van der Waals surface area contributed by atoms with E-state index in [4.69, 9.17) is 5.73 Å². The summed E-state index contributed by atoms with van der Waals surface area (Å²) in [5.41, 5.74) is 6.70. The number of hydrogen-bond donors (Lipinski definition) is 3. The molecule has 1 amide bonds. The number of carboxylic acid groups (broad SMARTS) is 1. The number of benzene rings is 1. The van der Waals surface area contributed by atoms with Crippen molar-refractivity contribution in [2.45, 2.75) is 38.1 Å². The van der Waals surface area contributed by atoms with Crippen molar-refractivity contribution < 1.29 is 14.7 Å². The average Bonchev–Trinajstić information content (AvgIpc) is 2.67. The molecule has 4 N–H and O–H groups in total. The number of aliphatic carboxylic acids is 1. The van der Waals surface area contributed by atoms with Crippen molar-refractivity contribution in [3.8, 4) is 0 Å². The molecule has 0 aliphatic heterocycles. The van der Waals surface area contributed by atoms with Gasteiger partial charge in [0.25, 0.3) is 5.91 Å². The minimum Gasteiger partial charge on any atom is -0.481 e. The second-order valence-electron chi connectivity index (χ2n) is 5.40. The topological polar surface area (TPSA) is 92.4 Å². The van der Waals surface area contributed by atoms with Crippen molar-refractivity contribution in [2.24, 2.45) is 5.92 Å². The Morgan fingerprint density at radius 3 is 2.62 bits per heavy atom. The second-order valence-corrected chi connectivity index (χ2v) is 6.25. The largest absolute Gasteiger partial charge is 0.481 e. The Hall–Kier alpha value is -1.56. The lowest BCUT2D eigenvalue weighted by atomic mass is 9.94. The van der Waals surface area contributed by atoms with Gasteiger partial charge in [0, 0.05) is 21.8 Å². The molecule has 2 atom stereocenters. The maximum atomic E-state index is 12.3.